The Morgan fingerprint density at radius 3 is 2.31 bits per heavy atom. The van der Waals surface area contributed by atoms with E-state index < -0.39 is 5.97 Å². The van der Waals surface area contributed by atoms with Crippen molar-refractivity contribution < 1.29 is 19.0 Å². The van der Waals surface area contributed by atoms with Crippen molar-refractivity contribution in [2.24, 2.45) is 0 Å². The molecule has 0 bridgehead atoms. The molecule has 6 heteroatoms. The van der Waals surface area contributed by atoms with Gasteiger partial charge in [0.2, 0.25) is 0 Å². The van der Waals surface area contributed by atoms with E-state index in [4.69, 9.17) is 14.2 Å². The molecule has 0 atom stereocenters. The number of hydrogen-bond acceptors (Lipinski definition) is 4. The SMILES string of the molecule is COc1cc(C=Cc2ccccc2)ccc1OC(=O)COc1ccc(Br)cc1Br. The zero-order chi connectivity index (χ0) is 20.6. The summed E-state index contributed by atoms with van der Waals surface area (Å²) in [4.78, 5) is 12.2. The Balaban J connectivity index is 1.64. The van der Waals surface area contributed by atoms with Crippen LogP contribution in [0.4, 0.5) is 0 Å². The molecule has 0 amide bonds. The van der Waals surface area contributed by atoms with Gasteiger partial charge in [0.25, 0.3) is 0 Å². The maximum Gasteiger partial charge on any atom is 0.349 e. The Labute approximate surface area is 186 Å². The van der Waals surface area contributed by atoms with Gasteiger partial charge in [0.05, 0.1) is 11.6 Å². The van der Waals surface area contributed by atoms with Crippen LogP contribution in [0.15, 0.2) is 75.7 Å². The molecule has 0 aliphatic carbocycles. The van der Waals surface area contributed by atoms with Gasteiger partial charge in [-0.05, 0) is 57.4 Å². The van der Waals surface area contributed by atoms with E-state index in [2.05, 4.69) is 31.9 Å². The second-order valence-corrected chi connectivity index (χ2v) is 7.76. The summed E-state index contributed by atoms with van der Waals surface area (Å²) in [6, 6.07) is 20.8. The topological polar surface area (TPSA) is 44.8 Å². The lowest BCUT2D eigenvalue weighted by Crippen LogP contribution is -2.18. The first kappa shape index (κ1) is 21.1. The van der Waals surface area contributed by atoms with Gasteiger partial charge in [0.1, 0.15) is 5.75 Å². The van der Waals surface area contributed by atoms with Crippen LogP contribution in [0.1, 0.15) is 11.1 Å². The van der Waals surface area contributed by atoms with E-state index in [1.165, 1.54) is 7.11 Å². The van der Waals surface area contributed by atoms with Crippen molar-refractivity contribution in [3.8, 4) is 17.2 Å². The lowest BCUT2D eigenvalue weighted by Gasteiger charge is -2.11. The molecule has 0 radical (unpaired) electrons. The Hall–Kier alpha value is -2.57. The molecule has 0 spiro atoms. The van der Waals surface area contributed by atoms with Crippen molar-refractivity contribution in [3.63, 3.8) is 0 Å². The fourth-order valence-corrected chi connectivity index (χ4v) is 3.67. The number of carbonyl (C=O) groups excluding carboxylic acids is 1. The molecule has 0 fully saturated rings. The standard InChI is InChI=1S/C23H18Br2O4/c1-27-22-13-17(8-7-16-5-3-2-4-6-16)9-11-21(22)29-23(26)15-28-20-12-10-18(24)14-19(20)25/h2-14H,15H2,1H3. The minimum absolute atomic E-state index is 0.223. The minimum atomic E-state index is -0.523. The monoisotopic (exact) mass is 516 g/mol. The van der Waals surface area contributed by atoms with Gasteiger partial charge in [-0.3, -0.25) is 0 Å². The molecule has 0 N–H and O–H groups in total. The summed E-state index contributed by atoms with van der Waals surface area (Å²) < 4.78 is 17.9. The van der Waals surface area contributed by atoms with Crippen LogP contribution < -0.4 is 14.2 Å². The molecule has 3 aromatic rings. The number of benzene rings is 3. The van der Waals surface area contributed by atoms with Crippen molar-refractivity contribution in [2.75, 3.05) is 13.7 Å². The maximum absolute atomic E-state index is 12.2. The summed E-state index contributed by atoms with van der Waals surface area (Å²) >= 11 is 6.76. The number of hydrogen-bond donors (Lipinski definition) is 0. The largest absolute Gasteiger partial charge is 0.493 e. The smallest absolute Gasteiger partial charge is 0.349 e. The molecule has 29 heavy (non-hydrogen) atoms. The third-order valence-electron chi connectivity index (χ3n) is 3.92. The number of esters is 1. The van der Waals surface area contributed by atoms with Crippen LogP contribution in [0.5, 0.6) is 17.2 Å². The van der Waals surface area contributed by atoms with Gasteiger partial charge in [0.15, 0.2) is 18.1 Å². The van der Waals surface area contributed by atoms with E-state index in [0.717, 1.165) is 20.1 Å². The summed E-state index contributed by atoms with van der Waals surface area (Å²) in [5, 5.41) is 0. The van der Waals surface area contributed by atoms with Crippen LogP contribution in [0.3, 0.4) is 0 Å². The molecular weight excluding hydrogens is 500 g/mol. The van der Waals surface area contributed by atoms with Gasteiger partial charge < -0.3 is 14.2 Å². The Bertz CT molecular complexity index is 1020. The van der Waals surface area contributed by atoms with Crippen molar-refractivity contribution >= 4 is 50.0 Å². The molecule has 0 aliphatic heterocycles. The normalized spacial score (nSPS) is 10.7. The molecule has 0 saturated heterocycles. The molecule has 0 heterocycles. The Morgan fingerprint density at radius 2 is 1.59 bits per heavy atom. The number of halogens is 2. The summed E-state index contributed by atoms with van der Waals surface area (Å²) in [5.74, 6) is 0.843. The zero-order valence-electron chi connectivity index (χ0n) is 15.6. The summed E-state index contributed by atoms with van der Waals surface area (Å²) in [6.45, 7) is -0.223. The lowest BCUT2D eigenvalue weighted by atomic mass is 10.1. The number of ether oxygens (including phenoxy) is 3. The van der Waals surface area contributed by atoms with Gasteiger partial charge in [-0.15, -0.1) is 0 Å². The van der Waals surface area contributed by atoms with Crippen LogP contribution in [0.2, 0.25) is 0 Å². The summed E-state index contributed by atoms with van der Waals surface area (Å²) in [5.41, 5.74) is 2.03. The van der Waals surface area contributed by atoms with Crippen LogP contribution >= 0.6 is 31.9 Å². The third kappa shape index (κ3) is 6.21. The van der Waals surface area contributed by atoms with Crippen LogP contribution in [-0.4, -0.2) is 19.7 Å². The number of methoxy groups -OCH3 is 1. The van der Waals surface area contributed by atoms with Crippen molar-refractivity contribution in [1.82, 2.24) is 0 Å². The molecule has 0 unspecified atom stereocenters. The third-order valence-corrected chi connectivity index (χ3v) is 5.03. The van der Waals surface area contributed by atoms with Crippen molar-refractivity contribution in [3.05, 3.63) is 86.8 Å². The summed E-state index contributed by atoms with van der Waals surface area (Å²) in [6.07, 6.45) is 3.97. The first-order valence-electron chi connectivity index (χ1n) is 8.75. The second-order valence-electron chi connectivity index (χ2n) is 5.99. The lowest BCUT2D eigenvalue weighted by molar-refractivity contribution is -0.136. The molecule has 148 valence electrons. The first-order valence-corrected chi connectivity index (χ1v) is 10.3. The van der Waals surface area contributed by atoms with E-state index in [0.29, 0.717) is 17.2 Å². The molecule has 4 nitrogen and oxygen atoms in total. The fourth-order valence-electron chi connectivity index (χ4n) is 2.51. The molecule has 0 aromatic heterocycles. The van der Waals surface area contributed by atoms with Crippen molar-refractivity contribution in [1.29, 1.82) is 0 Å². The minimum Gasteiger partial charge on any atom is -0.493 e. The highest BCUT2D eigenvalue weighted by molar-refractivity contribution is 9.11. The summed E-state index contributed by atoms with van der Waals surface area (Å²) in [7, 11) is 1.53. The van der Waals surface area contributed by atoms with Gasteiger partial charge in [-0.1, -0.05) is 64.5 Å². The average molecular weight is 518 g/mol. The molecule has 3 aromatic carbocycles. The predicted octanol–water partition coefficient (Wildman–Crippen LogP) is 6.38. The van der Waals surface area contributed by atoms with E-state index >= 15 is 0 Å². The van der Waals surface area contributed by atoms with E-state index in [1.807, 2.05) is 66.7 Å². The van der Waals surface area contributed by atoms with Crippen LogP contribution in [0.25, 0.3) is 12.2 Å². The second kappa shape index (κ2) is 10.3. The Morgan fingerprint density at radius 1 is 0.862 bits per heavy atom. The van der Waals surface area contributed by atoms with Gasteiger partial charge in [-0.2, -0.15) is 0 Å². The number of carbonyl (C=O) groups is 1. The van der Waals surface area contributed by atoms with Gasteiger partial charge in [-0.25, -0.2) is 4.79 Å². The van der Waals surface area contributed by atoms with E-state index in [-0.39, 0.29) is 6.61 Å². The van der Waals surface area contributed by atoms with E-state index in [1.54, 1.807) is 12.1 Å². The predicted molar refractivity (Wildman–Crippen MR) is 121 cm³/mol. The van der Waals surface area contributed by atoms with Crippen LogP contribution in [0, 0.1) is 0 Å². The van der Waals surface area contributed by atoms with Gasteiger partial charge >= 0.3 is 5.97 Å². The highest BCUT2D eigenvalue weighted by Gasteiger charge is 2.12. The highest BCUT2D eigenvalue weighted by atomic mass is 79.9. The van der Waals surface area contributed by atoms with Crippen molar-refractivity contribution in [2.45, 2.75) is 0 Å². The highest BCUT2D eigenvalue weighted by Crippen LogP contribution is 2.30. The molecular formula is C23H18Br2O4. The Kier molecular flexibility index (Phi) is 7.49. The average Bonchev–Trinajstić information content (AvgIpc) is 2.73. The quantitative estimate of drug-likeness (QED) is 0.207. The zero-order valence-corrected chi connectivity index (χ0v) is 18.8. The first-order chi connectivity index (χ1) is 14.0. The molecule has 0 aliphatic rings. The molecule has 3 rings (SSSR count). The molecule has 0 saturated carbocycles. The van der Waals surface area contributed by atoms with E-state index in [9.17, 15) is 4.79 Å². The van der Waals surface area contributed by atoms with Crippen LogP contribution in [-0.2, 0) is 4.79 Å². The maximum atomic E-state index is 12.2. The fraction of sp³-hybridized carbons (Fsp3) is 0.0870. The number of rotatable bonds is 7. The van der Waals surface area contributed by atoms with Gasteiger partial charge in [0, 0.05) is 4.47 Å².